The van der Waals surface area contributed by atoms with Crippen LogP contribution in [-0.2, 0) is 6.61 Å². The van der Waals surface area contributed by atoms with Gasteiger partial charge in [-0.1, -0.05) is 19.1 Å². The van der Waals surface area contributed by atoms with Gasteiger partial charge in [-0.15, -0.1) is 0 Å². The molecule has 0 aliphatic heterocycles. The van der Waals surface area contributed by atoms with Crippen molar-refractivity contribution >= 4 is 0 Å². The van der Waals surface area contributed by atoms with Gasteiger partial charge in [-0.2, -0.15) is 0 Å². The number of aliphatic hydroxyl groups excluding tert-OH is 1. The number of hydrogen-bond acceptors (Lipinski definition) is 3. The number of benzene rings is 1. The quantitative estimate of drug-likeness (QED) is 0.832. The Morgan fingerprint density at radius 2 is 2.18 bits per heavy atom. The number of aliphatic hydroxyl groups is 1. The predicted octanol–water partition coefficient (Wildman–Crippen LogP) is 2.36. The second kappa shape index (κ2) is 5.50. The van der Waals surface area contributed by atoms with E-state index in [1.54, 1.807) is 6.20 Å². The van der Waals surface area contributed by atoms with Crippen LogP contribution in [0.15, 0.2) is 30.5 Å². The molecule has 1 aromatic heterocycles. The number of aromatic amines is 1. The first kappa shape index (κ1) is 11.7. The Morgan fingerprint density at radius 1 is 1.35 bits per heavy atom. The standard InChI is InChI=1S/C13H16N2O2/c1-2-7-17-12-6-4-3-5-11(12)13-14-8-10(9-16)15-13/h3-6,8,16H,2,7,9H2,1H3,(H,14,15). The molecule has 2 aromatic rings. The third-order valence-electron chi connectivity index (χ3n) is 2.40. The molecule has 1 heterocycles. The number of aromatic nitrogens is 2. The van der Waals surface area contributed by atoms with Gasteiger partial charge in [-0.3, -0.25) is 0 Å². The summed E-state index contributed by atoms with van der Waals surface area (Å²) in [5, 5.41) is 8.99. The van der Waals surface area contributed by atoms with Crippen LogP contribution in [0.1, 0.15) is 19.0 Å². The molecule has 0 aliphatic carbocycles. The number of nitrogens with zero attached hydrogens (tertiary/aromatic N) is 1. The molecule has 1 aromatic carbocycles. The molecule has 0 bridgehead atoms. The van der Waals surface area contributed by atoms with Gasteiger partial charge in [0.1, 0.15) is 11.6 Å². The summed E-state index contributed by atoms with van der Waals surface area (Å²) in [5.41, 5.74) is 1.55. The van der Waals surface area contributed by atoms with Crippen molar-refractivity contribution in [3.8, 4) is 17.1 Å². The van der Waals surface area contributed by atoms with Gasteiger partial charge in [-0.25, -0.2) is 4.98 Å². The molecule has 0 spiro atoms. The molecular formula is C13H16N2O2. The molecule has 0 radical (unpaired) electrons. The third kappa shape index (κ3) is 2.65. The zero-order chi connectivity index (χ0) is 12.1. The van der Waals surface area contributed by atoms with Crippen LogP contribution < -0.4 is 4.74 Å². The molecule has 0 aliphatic rings. The normalized spacial score (nSPS) is 10.5. The van der Waals surface area contributed by atoms with E-state index < -0.39 is 0 Å². The van der Waals surface area contributed by atoms with Crippen molar-refractivity contribution < 1.29 is 9.84 Å². The number of ether oxygens (including phenoxy) is 1. The molecule has 0 amide bonds. The number of imidazole rings is 1. The SMILES string of the molecule is CCCOc1ccccc1-c1nc(CO)c[nH]1. The van der Waals surface area contributed by atoms with Crippen molar-refractivity contribution in [3.63, 3.8) is 0 Å². The first-order valence-electron chi connectivity index (χ1n) is 5.72. The molecule has 2 N–H and O–H groups in total. The molecule has 90 valence electrons. The maximum atomic E-state index is 8.99. The van der Waals surface area contributed by atoms with Gasteiger partial charge in [0.15, 0.2) is 0 Å². The fourth-order valence-electron chi connectivity index (χ4n) is 1.58. The summed E-state index contributed by atoms with van der Waals surface area (Å²) in [5.74, 6) is 1.54. The largest absolute Gasteiger partial charge is 0.493 e. The van der Waals surface area contributed by atoms with Crippen molar-refractivity contribution in [2.75, 3.05) is 6.61 Å². The summed E-state index contributed by atoms with van der Waals surface area (Å²) >= 11 is 0. The smallest absolute Gasteiger partial charge is 0.141 e. The molecule has 0 fully saturated rings. The highest BCUT2D eigenvalue weighted by molar-refractivity contribution is 5.64. The van der Waals surface area contributed by atoms with Crippen LogP contribution in [0.4, 0.5) is 0 Å². The van der Waals surface area contributed by atoms with Gasteiger partial charge in [0, 0.05) is 6.20 Å². The highest BCUT2D eigenvalue weighted by Crippen LogP contribution is 2.27. The van der Waals surface area contributed by atoms with Gasteiger partial charge in [0.05, 0.1) is 24.5 Å². The monoisotopic (exact) mass is 232 g/mol. The van der Waals surface area contributed by atoms with Crippen LogP contribution in [0.5, 0.6) is 5.75 Å². The molecule has 2 rings (SSSR count). The van der Waals surface area contributed by atoms with E-state index >= 15 is 0 Å². The van der Waals surface area contributed by atoms with Gasteiger partial charge in [-0.05, 0) is 18.6 Å². The lowest BCUT2D eigenvalue weighted by Gasteiger charge is -2.08. The minimum Gasteiger partial charge on any atom is -0.493 e. The molecule has 0 saturated carbocycles. The van der Waals surface area contributed by atoms with E-state index in [1.165, 1.54) is 0 Å². The summed E-state index contributed by atoms with van der Waals surface area (Å²) in [6.45, 7) is 2.69. The fourth-order valence-corrected chi connectivity index (χ4v) is 1.58. The number of rotatable bonds is 5. The van der Waals surface area contributed by atoms with Crippen LogP contribution >= 0.6 is 0 Å². The summed E-state index contributed by atoms with van der Waals surface area (Å²) < 4.78 is 5.66. The Bertz CT molecular complexity index is 480. The van der Waals surface area contributed by atoms with Crippen LogP contribution in [0.25, 0.3) is 11.4 Å². The zero-order valence-corrected chi connectivity index (χ0v) is 9.81. The van der Waals surface area contributed by atoms with Gasteiger partial charge < -0.3 is 14.8 Å². The van der Waals surface area contributed by atoms with Gasteiger partial charge in [0.25, 0.3) is 0 Å². The first-order valence-corrected chi connectivity index (χ1v) is 5.72. The molecule has 4 nitrogen and oxygen atoms in total. The molecule has 4 heteroatoms. The molecule has 0 saturated heterocycles. The fraction of sp³-hybridized carbons (Fsp3) is 0.308. The minimum atomic E-state index is -0.0610. The highest BCUT2D eigenvalue weighted by atomic mass is 16.5. The first-order chi connectivity index (χ1) is 8.35. The zero-order valence-electron chi connectivity index (χ0n) is 9.81. The molecule has 17 heavy (non-hydrogen) atoms. The van der Waals surface area contributed by atoms with Crippen molar-refractivity contribution in [2.45, 2.75) is 20.0 Å². The van der Waals surface area contributed by atoms with E-state index in [4.69, 9.17) is 9.84 Å². The van der Waals surface area contributed by atoms with E-state index in [0.29, 0.717) is 12.3 Å². The Balaban J connectivity index is 2.30. The van der Waals surface area contributed by atoms with Gasteiger partial charge in [0.2, 0.25) is 0 Å². The van der Waals surface area contributed by atoms with Crippen LogP contribution in [0.2, 0.25) is 0 Å². The third-order valence-corrected chi connectivity index (χ3v) is 2.40. The number of hydrogen-bond donors (Lipinski definition) is 2. The van der Waals surface area contributed by atoms with E-state index in [-0.39, 0.29) is 6.61 Å². The summed E-state index contributed by atoms with van der Waals surface area (Å²) in [7, 11) is 0. The molecule has 0 unspecified atom stereocenters. The lowest BCUT2D eigenvalue weighted by atomic mass is 10.2. The molecular weight excluding hydrogens is 216 g/mol. The Morgan fingerprint density at radius 3 is 2.88 bits per heavy atom. The van der Waals surface area contributed by atoms with E-state index in [2.05, 4.69) is 16.9 Å². The van der Waals surface area contributed by atoms with Crippen LogP contribution in [0, 0.1) is 0 Å². The summed E-state index contributed by atoms with van der Waals surface area (Å²) in [4.78, 5) is 7.32. The summed E-state index contributed by atoms with van der Waals surface area (Å²) in [6, 6.07) is 7.75. The lowest BCUT2D eigenvalue weighted by molar-refractivity contribution is 0.277. The lowest BCUT2D eigenvalue weighted by Crippen LogP contribution is -1.97. The maximum absolute atomic E-state index is 8.99. The van der Waals surface area contributed by atoms with Crippen LogP contribution in [-0.4, -0.2) is 21.7 Å². The average Bonchev–Trinajstić information content (AvgIpc) is 2.85. The second-order valence-electron chi connectivity index (χ2n) is 3.74. The van der Waals surface area contributed by atoms with Crippen molar-refractivity contribution in [2.24, 2.45) is 0 Å². The molecule has 0 atom stereocenters. The van der Waals surface area contributed by atoms with E-state index in [1.807, 2.05) is 24.3 Å². The average molecular weight is 232 g/mol. The van der Waals surface area contributed by atoms with E-state index in [0.717, 1.165) is 23.6 Å². The van der Waals surface area contributed by atoms with Crippen molar-refractivity contribution in [1.29, 1.82) is 0 Å². The Kier molecular flexibility index (Phi) is 3.77. The predicted molar refractivity (Wildman–Crippen MR) is 65.7 cm³/mol. The maximum Gasteiger partial charge on any atom is 0.141 e. The number of H-pyrrole nitrogens is 1. The highest BCUT2D eigenvalue weighted by Gasteiger charge is 2.09. The Hall–Kier alpha value is -1.81. The number of nitrogens with one attached hydrogen (secondary N) is 1. The van der Waals surface area contributed by atoms with Crippen molar-refractivity contribution in [3.05, 3.63) is 36.2 Å². The van der Waals surface area contributed by atoms with Gasteiger partial charge >= 0.3 is 0 Å². The topological polar surface area (TPSA) is 58.1 Å². The number of para-hydroxylation sites is 1. The van der Waals surface area contributed by atoms with E-state index in [9.17, 15) is 0 Å². The Labute approximate surface area is 100 Å². The summed E-state index contributed by atoms with van der Waals surface area (Å²) in [6.07, 6.45) is 2.67. The van der Waals surface area contributed by atoms with Crippen molar-refractivity contribution in [1.82, 2.24) is 9.97 Å². The minimum absolute atomic E-state index is 0.0610. The van der Waals surface area contributed by atoms with Crippen LogP contribution in [0.3, 0.4) is 0 Å². The second-order valence-corrected chi connectivity index (χ2v) is 3.74.